The van der Waals surface area contributed by atoms with E-state index in [2.05, 4.69) is 38.7 Å². The van der Waals surface area contributed by atoms with Crippen LogP contribution in [0.3, 0.4) is 0 Å². The van der Waals surface area contributed by atoms with Crippen LogP contribution in [0, 0.1) is 30.1 Å². The predicted octanol–water partition coefficient (Wildman–Crippen LogP) is 5.46. The summed E-state index contributed by atoms with van der Waals surface area (Å²) in [4.78, 5) is 24.5. The number of alkyl halides is 2. The van der Waals surface area contributed by atoms with Crippen molar-refractivity contribution < 1.29 is 40.1 Å². The van der Waals surface area contributed by atoms with Gasteiger partial charge in [-0.2, -0.15) is 11.6 Å². The number of hydrogen-bond acceptors (Lipinski definition) is 4. The van der Waals surface area contributed by atoms with Gasteiger partial charge in [-0.25, -0.2) is 13.2 Å². The SMILES string of the molecule is C=C(/C=C(\N(C)CC(=O)N1CC[C@@H](NCC(C)(C)C)[C@H]1c1[c-]c(C)cc(F)c1)C(C)(F)F)C1CC1.C=O.[Cr]. The molecule has 1 aromatic rings. The zero-order chi connectivity index (χ0) is 28.1. The van der Waals surface area contributed by atoms with E-state index in [9.17, 15) is 18.0 Å². The number of likely N-dealkylation sites (tertiary alicyclic amines) is 1. The van der Waals surface area contributed by atoms with Crippen molar-refractivity contribution in [1.82, 2.24) is 15.1 Å². The van der Waals surface area contributed by atoms with Crippen LogP contribution >= 0.6 is 0 Å². The van der Waals surface area contributed by atoms with Crippen LogP contribution in [0.25, 0.3) is 0 Å². The molecule has 1 aliphatic heterocycles. The average Bonchev–Trinajstić information content (AvgIpc) is 3.54. The van der Waals surface area contributed by atoms with Gasteiger partial charge in [0.1, 0.15) is 6.79 Å². The van der Waals surface area contributed by atoms with Gasteiger partial charge in [0.05, 0.1) is 18.3 Å². The third-order valence-corrected chi connectivity index (χ3v) is 6.58. The molecule has 38 heavy (non-hydrogen) atoms. The first kappa shape index (κ1) is 34.0. The summed E-state index contributed by atoms with van der Waals surface area (Å²) in [7, 11) is 1.51. The number of hydrogen-bond donors (Lipinski definition) is 1. The second-order valence-electron chi connectivity index (χ2n) is 11.4. The van der Waals surface area contributed by atoms with Crippen molar-refractivity contribution in [2.24, 2.45) is 11.3 Å². The normalized spacial score (nSPS) is 19.8. The maximum Gasteiger partial charge on any atom is 0.284 e. The third kappa shape index (κ3) is 9.59. The molecule has 0 bridgehead atoms. The quantitative estimate of drug-likeness (QED) is 0.316. The summed E-state index contributed by atoms with van der Waals surface area (Å²) in [5.41, 5.74) is 1.74. The fraction of sp³-hybridized carbons (Fsp3) is 0.586. The van der Waals surface area contributed by atoms with Gasteiger partial charge in [0.2, 0.25) is 5.91 Å². The number of nitrogens with zero attached hydrogens (tertiary/aromatic N) is 2. The summed E-state index contributed by atoms with van der Waals surface area (Å²) in [5.74, 6) is -3.51. The summed E-state index contributed by atoms with van der Waals surface area (Å²) in [6.07, 6.45) is 4.04. The molecule has 0 radical (unpaired) electrons. The molecular formula is C29H41CrF3N3O2-. The van der Waals surface area contributed by atoms with Crippen LogP contribution in [0.15, 0.2) is 36.1 Å². The number of halogens is 3. The van der Waals surface area contributed by atoms with E-state index in [1.54, 1.807) is 11.8 Å². The topological polar surface area (TPSA) is 52.7 Å². The largest absolute Gasteiger partial charge is 0.364 e. The number of carbonyl (C=O) groups excluding carboxylic acids is 2. The van der Waals surface area contributed by atoms with E-state index in [0.29, 0.717) is 29.7 Å². The van der Waals surface area contributed by atoms with Gasteiger partial charge in [0.25, 0.3) is 5.92 Å². The van der Waals surface area contributed by atoms with Gasteiger partial charge in [-0.15, -0.1) is 17.7 Å². The van der Waals surface area contributed by atoms with Gasteiger partial charge >= 0.3 is 0 Å². The molecule has 3 rings (SSSR count). The van der Waals surface area contributed by atoms with Crippen molar-refractivity contribution in [2.45, 2.75) is 71.9 Å². The third-order valence-electron chi connectivity index (χ3n) is 6.58. The van der Waals surface area contributed by atoms with Crippen molar-refractivity contribution in [1.29, 1.82) is 0 Å². The van der Waals surface area contributed by atoms with Gasteiger partial charge in [-0.3, -0.25) is 4.79 Å². The number of benzene rings is 1. The molecule has 5 nitrogen and oxygen atoms in total. The second kappa shape index (κ2) is 13.8. The number of aryl methyl sites for hydroxylation is 1. The molecule has 1 saturated carbocycles. The molecule has 1 N–H and O–H groups in total. The van der Waals surface area contributed by atoms with Crippen LogP contribution in [0.4, 0.5) is 13.2 Å². The van der Waals surface area contributed by atoms with Crippen molar-refractivity contribution in [3.8, 4) is 0 Å². The zero-order valence-corrected chi connectivity index (χ0v) is 24.6. The van der Waals surface area contributed by atoms with Crippen LogP contribution in [-0.2, 0) is 27.0 Å². The van der Waals surface area contributed by atoms with E-state index in [0.717, 1.165) is 26.3 Å². The monoisotopic (exact) mass is 572 g/mol. The number of rotatable bonds is 9. The van der Waals surface area contributed by atoms with Crippen molar-refractivity contribution in [3.63, 3.8) is 0 Å². The van der Waals surface area contributed by atoms with Gasteiger partial charge in [0, 0.05) is 56.3 Å². The Labute approximate surface area is 236 Å². The van der Waals surface area contributed by atoms with Gasteiger partial charge < -0.3 is 19.9 Å². The number of allylic oxidation sites excluding steroid dienone is 3. The fourth-order valence-corrected chi connectivity index (χ4v) is 4.66. The smallest absolute Gasteiger partial charge is 0.284 e. The minimum absolute atomic E-state index is 0. The van der Waals surface area contributed by atoms with Crippen molar-refractivity contribution in [2.75, 3.05) is 26.7 Å². The van der Waals surface area contributed by atoms with Gasteiger partial charge in [0.15, 0.2) is 0 Å². The Kier molecular flexibility index (Phi) is 12.3. The Hall–Kier alpha value is -2.08. The second-order valence-corrected chi connectivity index (χ2v) is 11.4. The van der Waals surface area contributed by atoms with E-state index in [1.165, 1.54) is 30.2 Å². The molecule has 1 aromatic carbocycles. The molecule has 1 aliphatic carbocycles. The number of nitrogens with one attached hydrogen (secondary N) is 1. The van der Waals surface area contributed by atoms with Crippen molar-refractivity contribution >= 4 is 12.7 Å². The van der Waals surface area contributed by atoms with E-state index in [1.807, 2.05) is 6.79 Å². The van der Waals surface area contributed by atoms with Crippen LogP contribution in [-0.4, -0.2) is 61.1 Å². The Balaban J connectivity index is 0.00000235. The molecule has 1 heterocycles. The molecule has 212 valence electrons. The summed E-state index contributed by atoms with van der Waals surface area (Å²) >= 11 is 0. The molecular weight excluding hydrogens is 531 g/mol. The Morgan fingerprint density at radius 3 is 2.32 bits per heavy atom. The van der Waals surface area contributed by atoms with Crippen LogP contribution in [0.2, 0.25) is 0 Å². The molecule has 1 saturated heterocycles. The first-order chi connectivity index (χ1) is 17.2. The number of likely N-dealkylation sites (N-methyl/N-ethyl adjacent to an activating group) is 1. The van der Waals surface area contributed by atoms with Gasteiger partial charge in [-0.05, 0) is 36.7 Å². The molecule has 0 aromatic heterocycles. The Bertz CT molecular complexity index is 980. The standard InChI is InChI=1S/C28H39F3N3O.CH2O.Cr/c1-18-12-21(15-22(29)13-18)26-23(32-17-27(3,4)5)10-11-34(26)25(35)16-33(7)24(28(6,30)31)14-19(2)20-8-9-20;1-2;/h13-15,20,23,26,32H,2,8-11,16-17H2,1,3-7H3;1H2;/q-1;;/b24-14-;;/t23-,26-;;/m1../s1. The first-order valence-corrected chi connectivity index (χ1v) is 12.7. The maximum atomic E-state index is 14.5. The average molecular weight is 573 g/mol. The first-order valence-electron chi connectivity index (χ1n) is 12.7. The number of carbonyl (C=O) groups is 2. The molecule has 9 heteroatoms. The summed E-state index contributed by atoms with van der Waals surface area (Å²) in [6.45, 7) is 15.9. The van der Waals surface area contributed by atoms with Gasteiger partial charge in [-0.1, -0.05) is 39.8 Å². The summed E-state index contributed by atoms with van der Waals surface area (Å²) in [5, 5.41) is 3.55. The summed E-state index contributed by atoms with van der Waals surface area (Å²) in [6, 6.07) is 5.53. The molecule has 0 spiro atoms. The maximum absolute atomic E-state index is 14.5. The zero-order valence-electron chi connectivity index (χ0n) is 23.4. The molecule has 2 aliphatic rings. The summed E-state index contributed by atoms with van der Waals surface area (Å²) < 4.78 is 43.3. The van der Waals surface area contributed by atoms with Crippen molar-refractivity contribution in [3.05, 3.63) is 59.1 Å². The van der Waals surface area contributed by atoms with E-state index >= 15 is 0 Å². The van der Waals surface area contributed by atoms with Crippen LogP contribution in [0.5, 0.6) is 0 Å². The van der Waals surface area contributed by atoms with Crippen LogP contribution < -0.4 is 5.32 Å². The minimum atomic E-state index is -3.11. The fourth-order valence-electron chi connectivity index (χ4n) is 4.66. The van der Waals surface area contributed by atoms with E-state index in [4.69, 9.17) is 4.79 Å². The van der Waals surface area contributed by atoms with Crippen LogP contribution in [0.1, 0.15) is 64.1 Å². The predicted molar refractivity (Wildman–Crippen MR) is 141 cm³/mol. The Morgan fingerprint density at radius 1 is 1.21 bits per heavy atom. The molecule has 0 unspecified atom stereocenters. The van der Waals surface area contributed by atoms with E-state index < -0.39 is 12.0 Å². The molecule has 1 amide bonds. The molecule has 2 fully saturated rings. The minimum Gasteiger partial charge on any atom is -0.364 e. The number of amides is 1. The molecule has 2 atom stereocenters. The Morgan fingerprint density at radius 2 is 1.82 bits per heavy atom. The van der Waals surface area contributed by atoms with E-state index in [-0.39, 0.29) is 58.7 Å².